The standard InChI is InChI=1S/C13H21ClN2O/c1-8-5-13(17-4)11(14)7-10(8)12(16-3)6-9(2)15/h5,7,9,12,16H,6,15H2,1-4H3. The van der Waals surface area contributed by atoms with Gasteiger partial charge in [0.05, 0.1) is 12.1 Å². The van der Waals surface area contributed by atoms with Gasteiger partial charge in [-0.3, -0.25) is 0 Å². The SMILES string of the molecule is CNC(CC(C)N)c1cc(Cl)c(OC)cc1C. The summed E-state index contributed by atoms with van der Waals surface area (Å²) in [5.74, 6) is 0.712. The summed E-state index contributed by atoms with van der Waals surface area (Å²) in [6, 6.07) is 4.29. The van der Waals surface area contributed by atoms with Crippen LogP contribution in [0.4, 0.5) is 0 Å². The molecule has 0 aliphatic rings. The molecular weight excluding hydrogens is 236 g/mol. The Balaban J connectivity index is 3.07. The highest BCUT2D eigenvalue weighted by molar-refractivity contribution is 6.32. The molecule has 1 aromatic rings. The zero-order chi connectivity index (χ0) is 13.0. The molecule has 1 rings (SSSR count). The fraction of sp³-hybridized carbons (Fsp3) is 0.538. The molecule has 0 radical (unpaired) electrons. The smallest absolute Gasteiger partial charge is 0.137 e. The van der Waals surface area contributed by atoms with Crippen molar-refractivity contribution in [2.75, 3.05) is 14.2 Å². The molecule has 0 aliphatic heterocycles. The predicted octanol–water partition coefficient (Wildman–Crippen LogP) is 2.65. The molecule has 3 nitrogen and oxygen atoms in total. The Morgan fingerprint density at radius 1 is 1.47 bits per heavy atom. The summed E-state index contributed by atoms with van der Waals surface area (Å²) in [6.45, 7) is 4.06. The zero-order valence-electron chi connectivity index (χ0n) is 10.9. The van der Waals surface area contributed by atoms with Crippen LogP contribution in [0.2, 0.25) is 5.02 Å². The van der Waals surface area contributed by atoms with Gasteiger partial charge in [0.2, 0.25) is 0 Å². The van der Waals surface area contributed by atoms with Gasteiger partial charge in [0.25, 0.3) is 0 Å². The molecule has 0 bridgehead atoms. The Labute approximate surface area is 108 Å². The lowest BCUT2D eigenvalue weighted by Gasteiger charge is -2.21. The quantitative estimate of drug-likeness (QED) is 0.852. The van der Waals surface area contributed by atoms with Crippen molar-refractivity contribution in [3.63, 3.8) is 0 Å². The Kier molecular flexibility index (Phi) is 5.25. The van der Waals surface area contributed by atoms with E-state index < -0.39 is 0 Å². The lowest BCUT2D eigenvalue weighted by atomic mass is 9.96. The van der Waals surface area contributed by atoms with Crippen molar-refractivity contribution >= 4 is 11.6 Å². The van der Waals surface area contributed by atoms with E-state index in [9.17, 15) is 0 Å². The van der Waals surface area contributed by atoms with Crippen LogP contribution < -0.4 is 15.8 Å². The Bertz CT molecular complexity index is 380. The van der Waals surface area contributed by atoms with Crippen LogP contribution >= 0.6 is 11.6 Å². The molecule has 0 spiro atoms. The van der Waals surface area contributed by atoms with E-state index in [0.717, 1.165) is 12.0 Å². The largest absolute Gasteiger partial charge is 0.495 e. The van der Waals surface area contributed by atoms with E-state index >= 15 is 0 Å². The highest BCUT2D eigenvalue weighted by atomic mass is 35.5. The van der Waals surface area contributed by atoms with Crippen LogP contribution in [0.3, 0.4) is 0 Å². The predicted molar refractivity (Wildman–Crippen MR) is 72.8 cm³/mol. The molecule has 0 saturated heterocycles. The second-order valence-corrected chi connectivity index (χ2v) is 4.80. The molecular formula is C13H21ClN2O. The van der Waals surface area contributed by atoms with Crippen LogP contribution in [-0.2, 0) is 0 Å². The van der Waals surface area contributed by atoms with E-state index in [1.54, 1.807) is 7.11 Å². The lowest BCUT2D eigenvalue weighted by molar-refractivity contribution is 0.414. The van der Waals surface area contributed by atoms with Crippen molar-refractivity contribution in [3.8, 4) is 5.75 Å². The van der Waals surface area contributed by atoms with Gasteiger partial charge in [-0.15, -0.1) is 0 Å². The normalized spacial score (nSPS) is 14.5. The number of hydrogen-bond acceptors (Lipinski definition) is 3. The third-order valence-corrected chi connectivity index (χ3v) is 3.17. The Morgan fingerprint density at radius 3 is 2.59 bits per heavy atom. The topological polar surface area (TPSA) is 47.3 Å². The molecule has 3 N–H and O–H groups in total. The Morgan fingerprint density at radius 2 is 2.12 bits per heavy atom. The number of ether oxygens (including phenoxy) is 1. The summed E-state index contributed by atoms with van der Waals surface area (Å²) in [5.41, 5.74) is 8.19. The minimum absolute atomic E-state index is 0.146. The first-order valence-corrected chi connectivity index (χ1v) is 6.14. The second-order valence-electron chi connectivity index (χ2n) is 4.40. The van der Waals surface area contributed by atoms with Crippen molar-refractivity contribution in [2.45, 2.75) is 32.4 Å². The minimum atomic E-state index is 0.146. The van der Waals surface area contributed by atoms with Gasteiger partial charge in [0, 0.05) is 12.1 Å². The van der Waals surface area contributed by atoms with Gasteiger partial charge < -0.3 is 15.8 Å². The van der Waals surface area contributed by atoms with Crippen LogP contribution in [0.15, 0.2) is 12.1 Å². The van der Waals surface area contributed by atoms with Gasteiger partial charge >= 0.3 is 0 Å². The monoisotopic (exact) mass is 256 g/mol. The van der Waals surface area contributed by atoms with E-state index in [2.05, 4.69) is 12.2 Å². The molecule has 2 atom stereocenters. The van der Waals surface area contributed by atoms with Gasteiger partial charge in [-0.1, -0.05) is 11.6 Å². The maximum atomic E-state index is 6.16. The fourth-order valence-corrected chi connectivity index (χ4v) is 2.22. The summed E-state index contributed by atoms with van der Waals surface area (Å²) < 4.78 is 5.20. The van der Waals surface area contributed by atoms with Crippen molar-refractivity contribution in [1.82, 2.24) is 5.32 Å². The highest BCUT2D eigenvalue weighted by Crippen LogP contribution is 2.31. The van der Waals surface area contributed by atoms with Crippen LogP contribution in [0.25, 0.3) is 0 Å². The molecule has 17 heavy (non-hydrogen) atoms. The second kappa shape index (κ2) is 6.24. The molecule has 0 aromatic heterocycles. The number of hydrogen-bond donors (Lipinski definition) is 2. The molecule has 1 aromatic carbocycles. The first-order chi connectivity index (χ1) is 7.99. The number of nitrogens with one attached hydrogen (secondary N) is 1. The molecule has 96 valence electrons. The summed E-state index contributed by atoms with van der Waals surface area (Å²) >= 11 is 6.16. The van der Waals surface area contributed by atoms with Gasteiger partial charge in [-0.25, -0.2) is 0 Å². The van der Waals surface area contributed by atoms with Crippen LogP contribution in [0.1, 0.15) is 30.5 Å². The van der Waals surface area contributed by atoms with Crippen molar-refractivity contribution in [1.29, 1.82) is 0 Å². The van der Waals surface area contributed by atoms with E-state index in [-0.39, 0.29) is 12.1 Å². The zero-order valence-corrected chi connectivity index (χ0v) is 11.6. The first kappa shape index (κ1) is 14.3. The molecule has 0 fully saturated rings. The van der Waals surface area contributed by atoms with Gasteiger partial charge in [0.1, 0.15) is 5.75 Å². The molecule has 0 aliphatic carbocycles. The molecule has 2 unspecified atom stereocenters. The summed E-state index contributed by atoms with van der Waals surface area (Å²) in [6.07, 6.45) is 0.875. The third-order valence-electron chi connectivity index (χ3n) is 2.87. The van der Waals surface area contributed by atoms with Crippen molar-refractivity contribution in [2.24, 2.45) is 5.73 Å². The number of rotatable bonds is 5. The summed E-state index contributed by atoms with van der Waals surface area (Å²) in [4.78, 5) is 0. The van der Waals surface area contributed by atoms with E-state index in [0.29, 0.717) is 10.8 Å². The van der Waals surface area contributed by atoms with E-state index in [1.165, 1.54) is 5.56 Å². The average molecular weight is 257 g/mol. The Hall–Kier alpha value is -0.770. The maximum absolute atomic E-state index is 6.16. The fourth-order valence-electron chi connectivity index (χ4n) is 1.97. The summed E-state index contributed by atoms with van der Waals surface area (Å²) in [7, 11) is 3.56. The maximum Gasteiger partial charge on any atom is 0.137 e. The number of nitrogens with two attached hydrogens (primary N) is 1. The molecule has 0 heterocycles. The number of aryl methyl sites for hydroxylation is 1. The molecule has 4 heteroatoms. The van der Waals surface area contributed by atoms with Crippen LogP contribution in [-0.4, -0.2) is 20.2 Å². The number of methoxy groups -OCH3 is 1. The van der Waals surface area contributed by atoms with E-state index in [4.69, 9.17) is 22.1 Å². The number of halogens is 1. The third kappa shape index (κ3) is 3.60. The van der Waals surface area contributed by atoms with Crippen LogP contribution in [0.5, 0.6) is 5.75 Å². The van der Waals surface area contributed by atoms with Crippen molar-refractivity contribution < 1.29 is 4.74 Å². The van der Waals surface area contributed by atoms with Crippen molar-refractivity contribution in [3.05, 3.63) is 28.3 Å². The van der Waals surface area contributed by atoms with Crippen LogP contribution in [0, 0.1) is 6.92 Å². The summed E-state index contributed by atoms with van der Waals surface area (Å²) in [5, 5.41) is 3.91. The first-order valence-electron chi connectivity index (χ1n) is 5.76. The average Bonchev–Trinajstić information content (AvgIpc) is 2.28. The number of benzene rings is 1. The highest BCUT2D eigenvalue weighted by Gasteiger charge is 2.16. The minimum Gasteiger partial charge on any atom is -0.495 e. The van der Waals surface area contributed by atoms with E-state index in [1.807, 2.05) is 26.1 Å². The van der Waals surface area contributed by atoms with Gasteiger partial charge in [-0.05, 0) is 50.6 Å². The van der Waals surface area contributed by atoms with Gasteiger partial charge in [-0.2, -0.15) is 0 Å². The molecule has 0 saturated carbocycles. The lowest BCUT2D eigenvalue weighted by Crippen LogP contribution is -2.26. The molecule has 0 amide bonds. The van der Waals surface area contributed by atoms with Gasteiger partial charge in [0.15, 0.2) is 0 Å².